The summed E-state index contributed by atoms with van der Waals surface area (Å²) in [6.45, 7) is 3.88. The number of methoxy groups -OCH3 is 1. The molecule has 18 heavy (non-hydrogen) atoms. The van der Waals surface area contributed by atoms with Gasteiger partial charge in [-0.05, 0) is 24.1 Å². The third-order valence-electron chi connectivity index (χ3n) is 2.73. The molecule has 0 atom stereocenters. The zero-order chi connectivity index (χ0) is 12.8. The Kier molecular flexibility index (Phi) is 4.23. The van der Waals surface area contributed by atoms with Crippen LogP contribution in [-0.4, -0.2) is 16.9 Å². The van der Waals surface area contributed by atoms with Gasteiger partial charge in [0.25, 0.3) is 0 Å². The molecule has 1 N–H and O–H groups in total. The van der Waals surface area contributed by atoms with Crippen LogP contribution in [0.25, 0.3) is 0 Å². The van der Waals surface area contributed by atoms with Crippen LogP contribution in [-0.2, 0) is 13.1 Å². The quantitative estimate of drug-likeness (QED) is 0.850. The first kappa shape index (κ1) is 12.5. The molecule has 1 aromatic heterocycles. The summed E-state index contributed by atoms with van der Waals surface area (Å²) in [6.07, 6.45) is 3.10. The average Bonchev–Trinajstić information content (AvgIpc) is 2.85. The molecule has 0 aliphatic rings. The van der Waals surface area contributed by atoms with Crippen molar-refractivity contribution in [3.63, 3.8) is 0 Å². The van der Waals surface area contributed by atoms with E-state index in [0.29, 0.717) is 0 Å². The van der Waals surface area contributed by atoms with E-state index in [2.05, 4.69) is 29.5 Å². The van der Waals surface area contributed by atoms with E-state index in [0.717, 1.165) is 31.1 Å². The van der Waals surface area contributed by atoms with Crippen LogP contribution in [0.4, 0.5) is 5.82 Å². The average molecular weight is 245 g/mol. The van der Waals surface area contributed by atoms with Crippen LogP contribution < -0.4 is 10.1 Å². The third-order valence-corrected chi connectivity index (χ3v) is 2.73. The maximum Gasteiger partial charge on any atom is 0.148 e. The molecular weight excluding hydrogens is 226 g/mol. The van der Waals surface area contributed by atoms with Gasteiger partial charge in [-0.3, -0.25) is 4.68 Å². The van der Waals surface area contributed by atoms with Crippen molar-refractivity contribution in [3.8, 4) is 5.75 Å². The van der Waals surface area contributed by atoms with Gasteiger partial charge in [-0.1, -0.05) is 19.1 Å². The summed E-state index contributed by atoms with van der Waals surface area (Å²) < 4.78 is 7.08. The molecule has 0 radical (unpaired) electrons. The molecule has 2 aromatic rings. The monoisotopic (exact) mass is 245 g/mol. The fourth-order valence-electron chi connectivity index (χ4n) is 1.75. The number of hydrogen-bond donors (Lipinski definition) is 1. The Balaban J connectivity index is 1.89. The van der Waals surface area contributed by atoms with Crippen molar-refractivity contribution < 1.29 is 4.74 Å². The summed E-state index contributed by atoms with van der Waals surface area (Å²) in [4.78, 5) is 0. The Bertz CT molecular complexity index is 476. The van der Waals surface area contributed by atoms with Gasteiger partial charge in [-0.2, -0.15) is 5.10 Å². The molecule has 1 heterocycles. The number of hydrogen-bond acceptors (Lipinski definition) is 3. The Labute approximate surface area is 108 Å². The number of benzene rings is 1. The molecule has 0 unspecified atom stereocenters. The molecule has 0 spiro atoms. The molecule has 96 valence electrons. The number of rotatable bonds is 6. The highest BCUT2D eigenvalue weighted by atomic mass is 16.5. The number of ether oxygens (including phenoxy) is 1. The smallest absolute Gasteiger partial charge is 0.148 e. The molecule has 2 rings (SSSR count). The first-order valence-electron chi connectivity index (χ1n) is 6.22. The Hall–Kier alpha value is -1.97. The maximum absolute atomic E-state index is 5.13. The fraction of sp³-hybridized carbons (Fsp3) is 0.357. The largest absolute Gasteiger partial charge is 0.497 e. The lowest BCUT2D eigenvalue weighted by molar-refractivity contribution is 0.414. The predicted octanol–water partition coefficient (Wildman–Crippen LogP) is 2.91. The van der Waals surface area contributed by atoms with E-state index in [1.165, 1.54) is 5.56 Å². The van der Waals surface area contributed by atoms with Crippen molar-refractivity contribution in [2.24, 2.45) is 0 Å². The van der Waals surface area contributed by atoms with Gasteiger partial charge in [0.15, 0.2) is 0 Å². The van der Waals surface area contributed by atoms with E-state index in [1.54, 1.807) is 7.11 Å². The molecule has 4 nitrogen and oxygen atoms in total. The van der Waals surface area contributed by atoms with Crippen molar-refractivity contribution in [1.82, 2.24) is 9.78 Å². The maximum atomic E-state index is 5.13. The number of nitrogens with zero attached hydrogens (tertiary/aromatic N) is 2. The van der Waals surface area contributed by atoms with Gasteiger partial charge in [0, 0.05) is 25.4 Å². The molecular formula is C14H19N3O. The number of anilines is 1. The minimum atomic E-state index is 0.771. The van der Waals surface area contributed by atoms with Crippen LogP contribution >= 0.6 is 0 Å². The second-order valence-corrected chi connectivity index (χ2v) is 4.17. The van der Waals surface area contributed by atoms with E-state index >= 15 is 0 Å². The summed E-state index contributed by atoms with van der Waals surface area (Å²) in [5.41, 5.74) is 1.21. The topological polar surface area (TPSA) is 39.1 Å². The van der Waals surface area contributed by atoms with Crippen molar-refractivity contribution in [3.05, 3.63) is 42.1 Å². The predicted molar refractivity (Wildman–Crippen MR) is 72.8 cm³/mol. The molecule has 0 amide bonds. The minimum absolute atomic E-state index is 0.771. The van der Waals surface area contributed by atoms with E-state index in [1.807, 2.05) is 29.1 Å². The molecule has 4 heteroatoms. The lowest BCUT2D eigenvalue weighted by Crippen LogP contribution is -2.02. The molecule has 0 aliphatic heterocycles. The number of aryl methyl sites for hydroxylation is 1. The van der Waals surface area contributed by atoms with E-state index in [9.17, 15) is 0 Å². The molecule has 1 aromatic carbocycles. The van der Waals surface area contributed by atoms with Gasteiger partial charge in [0.2, 0.25) is 0 Å². The van der Waals surface area contributed by atoms with Crippen LogP contribution in [0, 0.1) is 0 Å². The van der Waals surface area contributed by atoms with Crippen LogP contribution in [0.15, 0.2) is 36.5 Å². The van der Waals surface area contributed by atoms with E-state index in [4.69, 9.17) is 4.74 Å². The Morgan fingerprint density at radius 2 is 2.00 bits per heavy atom. The first-order valence-corrected chi connectivity index (χ1v) is 6.22. The van der Waals surface area contributed by atoms with Crippen LogP contribution in [0.5, 0.6) is 5.75 Å². The third kappa shape index (κ3) is 3.26. The number of nitrogens with one attached hydrogen (secondary N) is 1. The fourth-order valence-corrected chi connectivity index (χ4v) is 1.75. The molecule has 0 saturated heterocycles. The zero-order valence-corrected chi connectivity index (χ0v) is 10.9. The number of aromatic nitrogens is 2. The first-order chi connectivity index (χ1) is 8.81. The Morgan fingerprint density at radius 1 is 1.22 bits per heavy atom. The van der Waals surface area contributed by atoms with Gasteiger partial charge in [0.1, 0.15) is 11.6 Å². The van der Waals surface area contributed by atoms with Gasteiger partial charge in [-0.25, -0.2) is 0 Å². The highest BCUT2D eigenvalue weighted by Gasteiger charge is 1.98. The lowest BCUT2D eigenvalue weighted by atomic mass is 10.2. The molecule has 0 fully saturated rings. The summed E-state index contributed by atoms with van der Waals surface area (Å²) >= 11 is 0. The molecule has 0 saturated carbocycles. The second-order valence-electron chi connectivity index (χ2n) is 4.17. The van der Waals surface area contributed by atoms with Gasteiger partial charge < -0.3 is 10.1 Å². The standard InChI is InChI=1S/C14H19N3O/c1-3-9-17-10-8-14(16-17)15-11-12-4-6-13(18-2)7-5-12/h4-8,10H,3,9,11H2,1-2H3,(H,15,16). The van der Waals surface area contributed by atoms with Gasteiger partial charge in [-0.15, -0.1) is 0 Å². The molecule has 0 aliphatic carbocycles. The van der Waals surface area contributed by atoms with E-state index in [-0.39, 0.29) is 0 Å². The van der Waals surface area contributed by atoms with Crippen LogP contribution in [0.1, 0.15) is 18.9 Å². The zero-order valence-electron chi connectivity index (χ0n) is 10.9. The van der Waals surface area contributed by atoms with Crippen molar-refractivity contribution in [1.29, 1.82) is 0 Å². The highest BCUT2D eigenvalue weighted by molar-refractivity contribution is 5.35. The lowest BCUT2D eigenvalue weighted by Gasteiger charge is -2.05. The molecule has 0 bridgehead atoms. The van der Waals surface area contributed by atoms with Crippen LogP contribution in [0.3, 0.4) is 0 Å². The minimum Gasteiger partial charge on any atom is -0.497 e. The summed E-state index contributed by atoms with van der Waals surface area (Å²) in [7, 11) is 1.67. The van der Waals surface area contributed by atoms with E-state index < -0.39 is 0 Å². The van der Waals surface area contributed by atoms with Gasteiger partial charge in [0.05, 0.1) is 7.11 Å². The Morgan fingerprint density at radius 3 is 2.67 bits per heavy atom. The van der Waals surface area contributed by atoms with Crippen molar-refractivity contribution in [2.45, 2.75) is 26.4 Å². The second kappa shape index (κ2) is 6.10. The summed E-state index contributed by atoms with van der Waals surface area (Å²) in [5.74, 6) is 1.80. The normalized spacial score (nSPS) is 10.3. The van der Waals surface area contributed by atoms with Crippen molar-refractivity contribution >= 4 is 5.82 Å². The van der Waals surface area contributed by atoms with Crippen molar-refractivity contribution in [2.75, 3.05) is 12.4 Å². The SMILES string of the molecule is CCCn1ccc(NCc2ccc(OC)cc2)n1. The summed E-state index contributed by atoms with van der Waals surface area (Å²) in [6, 6.07) is 10.0. The highest BCUT2D eigenvalue weighted by Crippen LogP contribution is 2.12. The van der Waals surface area contributed by atoms with Crippen LogP contribution in [0.2, 0.25) is 0 Å². The summed E-state index contributed by atoms with van der Waals surface area (Å²) in [5, 5.41) is 7.73. The van der Waals surface area contributed by atoms with Gasteiger partial charge >= 0.3 is 0 Å².